The minimum absolute atomic E-state index is 0.205. The summed E-state index contributed by atoms with van der Waals surface area (Å²) in [5.74, 6) is 0.174. The summed E-state index contributed by atoms with van der Waals surface area (Å²) in [7, 11) is 2.94. The van der Waals surface area contributed by atoms with E-state index in [2.05, 4.69) is 10.4 Å². The Morgan fingerprint density at radius 2 is 1.78 bits per heavy atom. The monoisotopic (exact) mass is 389 g/mol. The average molecular weight is 390 g/mol. The number of nitrogens with one attached hydrogen (secondary N) is 1. The third kappa shape index (κ3) is 4.20. The maximum absolute atomic E-state index is 13.0. The van der Waals surface area contributed by atoms with E-state index in [9.17, 15) is 9.18 Å². The van der Waals surface area contributed by atoms with Crippen LogP contribution in [0.2, 0.25) is 5.02 Å². The van der Waals surface area contributed by atoms with E-state index in [4.69, 9.17) is 21.1 Å². The molecule has 0 unspecified atom stereocenters. The number of benzene rings is 2. The summed E-state index contributed by atoms with van der Waals surface area (Å²) in [4.78, 5) is 12.7. The predicted molar refractivity (Wildman–Crippen MR) is 100 cm³/mol. The zero-order valence-electron chi connectivity index (χ0n) is 14.7. The van der Waals surface area contributed by atoms with Gasteiger partial charge in [0.2, 0.25) is 0 Å². The number of ether oxygens (including phenoxy) is 2. The minimum atomic E-state index is -0.460. The van der Waals surface area contributed by atoms with Gasteiger partial charge in [0.15, 0.2) is 5.82 Å². The molecule has 0 radical (unpaired) electrons. The summed E-state index contributed by atoms with van der Waals surface area (Å²) in [6.45, 7) is 0.383. The zero-order chi connectivity index (χ0) is 19.4. The third-order valence-electron chi connectivity index (χ3n) is 3.86. The van der Waals surface area contributed by atoms with Gasteiger partial charge in [0.05, 0.1) is 20.8 Å². The molecule has 0 aliphatic heterocycles. The zero-order valence-corrected chi connectivity index (χ0v) is 15.5. The smallest absolute Gasteiger partial charge is 0.264 e. The number of rotatable bonds is 6. The fourth-order valence-corrected chi connectivity index (χ4v) is 2.78. The molecule has 1 amide bonds. The van der Waals surface area contributed by atoms with Gasteiger partial charge >= 0.3 is 0 Å². The van der Waals surface area contributed by atoms with Gasteiger partial charge in [0.1, 0.15) is 27.9 Å². The van der Waals surface area contributed by atoms with Crippen LogP contribution in [0.25, 0.3) is 0 Å². The molecule has 3 rings (SSSR count). The first-order valence-electron chi connectivity index (χ1n) is 8.01. The van der Waals surface area contributed by atoms with Crippen LogP contribution in [-0.2, 0) is 6.54 Å². The van der Waals surface area contributed by atoms with Crippen LogP contribution in [0, 0.1) is 5.82 Å². The number of methoxy groups -OCH3 is 2. The number of anilines is 1. The summed E-state index contributed by atoms with van der Waals surface area (Å²) < 4.78 is 25.1. The highest BCUT2D eigenvalue weighted by Gasteiger charge is 2.20. The second-order valence-corrected chi connectivity index (χ2v) is 6.05. The Morgan fingerprint density at radius 3 is 2.37 bits per heavy atom. The van der Waals surface area contributed by atoms with Crippen molar-refractivity contribution in [2.45, 2.75) is 6.54 Å². The summed E-state index contributed by atoms with van der Waals surface area (Å²) >= 11 is 6.19. The van der Waals surface area contributed by atoms with E-state index in [1.54, 1.807) is 41.2 Å². The number of amides is 1. The Hall–Kier alpha value is -3.06. The fourth-order valence-electron chi connectivity index (χ4n) is 2.58. The molecule has 0 atom stereocenters. The SMILES string of the molecule is COc1cccc(OC)c1C(=O)Nc1nn(Cc2ccc(F)cc2)cc1Cl. The molecule has 1 N–H and O–H groups in total. The fraction of sp³-hybridized carbons (Fsp3) is 0.158. The van der Waals surface area contributed by atoms with Crippen LogP contribution in [0.5, 0.6) is 11.5 Å². The van der Waals surface area contributed by atoms with E-state index in [1.807, 2.05) is 0 Å². The molecular weight excluding hydrogens is 373 g/mol. The molecule has 0 fully saturated rings. The topological polar surface area (TPSA) is 65.4 Å². The van der Waals surface area contributed by atoms with E-state index < -0.39 is 5.91 Å². The molecule has 2 aromatic carbocycles. The Labute approximate surface area is 160 Å². The van der Waals surface area contributed by atoms with Gasteiger partial charge in [0, 0.05) is 6.20 Å². The lowest BCUT2D eigenvalue weighted by Crippen LogP contribution is -2.15. The van der Waals surface area contributed by atoms with Crippen molar-refractivity contribution < 1.29 is 18.7 Å². The van der Waals surface area contributed by atoms with Crippen molar-refractivity contribution in [3.8, 4) is 11.5 Å². The van der Waals surface area contributed by atoms with Gasteiger partial charge in [-0.3, -0.25) is 9.48 Å². The maximum Gasteiger partial charge on any atom is 0.264 e. The van der Waals surface area contributed by atoms with Crippen LogP contribution in [0.3, 0.4) is 0 Å². The second kappa shape index (κ2) is 8.09. The molecule has 0 aliphatic carbocycles. The molecule has 8 heteroatoms. The molecule has 6 nitrogen and oxygen atoms in total. The van der Waals surface area contributed by atoms with Crippen molar-refractivity contribution in [1.82, 2.24) is 9.78 Å². The van der Waals surface area contributed by atoms with Crippen molar-refractivity contribution in [3.05, 3.63) is 70.6 Å². The first kappa shape index (κ1) is 18.7. The number of carbonyl (C=O) groups excluding carboxylic acids is 1. The molecule has 1 heterocycles. The van der Waals surface area contributed by atoms with Crippen LogP contribution in [-0.4, -0.2) is 29.9 Å². The second-order valence-electron chi connectivity index (χ2n) is 5.64. The number of hydrogen-bond acceptors (Lipinski definition) is 4. The lowest BCUT2D eigenvalue weighted by Gasteiger charge is -2.12. The molecule has 140 valence electrons. The van der Waals surface area contributed by atoms with Gasteiger partial charge < -0.3 is 14.8 Å². The molecule has 0 saturated heterocycles. The normalized spacial score (nSPS) is 10.5. The molecule has 1 aromatic heterocycles. The van der Waals surface area contributed by atoms with Gasteiger partial charge in [-0.25, -0.2) is 4.39 Å². The highest BCUT2D eigenvalue weighted by atomic mass is 35.5. The van der Waals surface area contributed by atoms with E-state index in [1.165, 1.54) is 26.4 Å². The summed E-state index contributed by atoms with van der Waals surface area (Å²) in [6, 6.07) is 11.1. The summed E-state index contributed by atoms with van der Waals surface area (Å²) in [5, 5.41) is 7.23. The van der Waals surface area contributed by atoms with Crippen LogP contribution in [0.15, 0.2) is 48.7 Å². The number of aromatic nitrogens is 2. The minimum Gasteiger partial charge on any atom is -0.496 e. The van der Waals surface area contributed by atoms with Crippen LogP contribution in [0.4, 0.5) is 10.2 Å². The number of hydrogen-bond donors (Lipinski definition) is 1. The number of carbonyl (C=O) groups is 1. The van der Waals surface area contributed by atoms with Crippen molar-refractivity contribution in [1.29, 1.82) is 0 Å². The van der Waals surface area contributed by atoms with Crippen LogP contribution >= 0.6 is 11.6 Å². The molecular formula is C19H17ClFN3O3. The Balaban J connectivity index is 1.81. The van der Waals surface area contributed by atoms with Crippen LogP contribution < -0.4 is 14.8 Å². The van der Waals surface area contributed by atoms with Gasteiger partial charge in [-0.15, -0.1) is 0 Å². The van der Waals surface area contributed by atoms with E-state index >= 15 is 0 Å². The predicted octanol–water partition coefficient (Wildman–Crippen LogP) is 3.99. The molecule has 0 saturated carbocycles. The average Bonchev–Trinajstić information content (AvgIpc) is 3.01. The first-order valence-corrected chi connectivity index (χ1v) is 8.39. The molecule has 0 bridgehead atoms. The first-order chi connectivity index (χ1) is 13.0. The lowest BCUT2D eigenvalue weighted by molar-refractivity contribution is 0.102. The van der Waals surface area contributed by atoms with Gasteiger partial charge in [0.25, 0.3) is 5.91 Å². The molecule has 0 spiro atoms. The third-order valence-corrected chi connectivity index (χ3v) is 4.14. The number of nitrogens with zero attached hydrogens (tertiary/aromatic N) is 2. The summed E-state index contributed by atoms with van der Waals surface area (Å²) in [6.07, 6.45) is 1.58. The van der Waals surface area contributed by atoms with Crippen molar-refractivity contribution in [3.63, 3.8) is 0 Å². The summed E-state index contributed by atoms with van der Waals surface area (Å²) in [5.41, 5.74) is 1.09. The van der Waals surface area contributed by atoms with E-state index in [0.717, 1.165) is 5.56 Å². The van der Waals surface area contributed by atoms with E-state index in [-0.39, 0.29) is 22.2 Å². The molecule has 27 heavy (non-hydrogen) atoms. The Kier molecular flexibility index (Phi) is 5.61. The van der Waals surface area contributed by atoms with Crippen molar-refractivity contribution >= 4 is 23.3 Å². The Bertz CT molecular complexity index is 935. The largest absolute Gasteiger partial charge is 0.496 e. The van der Waals surface area contributed by atoms with Gasteiger partial charge in [-0.1, -0.05) is 29.8 Å². The van der Waals surface area contributed by atoms with Gasteiger partial charge in [-0.2, -0.15) is 5.10 Å². The van der Waals surface area contributed by atoms with E-state index in [0.29, 0.717) is 18.0 Å². The van der Waals surface area contributed by atoms with Gasteiger partial charge in [-0.05, 0) is 29.8 Å². The number of halogens is 2. The highest BCUT2D eigenvalue weighted by Crippen LogP contribution is 2.30. The lowest BCUT2D eigenvalue weighted by atomic mass is 10.1. The van der Waals surface area contributed by atoms with Crippen molar-refractivity contribution in [2.75, 3.05) is 19.5 Å². The molecule has 0 aliphatic rings. The quantitative estimate of drug-likeness (QED) is 0.692. The maximum atomic E-state index is 13.0. The standard InChI is InChI=1S/C19H17ClFN3O3/c1-26-15-4-3-5-16(27-2)17(15)19(25)22-18-14(20)11-24(23-18)10-12-6-8-13(21)9-7-12/h3-9,11H,10H2,1-2H3,(H,22,23,25). The molecule has 3 aromatic rings. The highest BCUT2D eigenvalue weighted by molar-refractivity contribution is 6.33. The van der Waals surface area contributed by atoms with Crippen LogP contribution in [0.1, 0.15) is 15.9 Å². The van der Waals surface area contributed by atoms with Crippen molar-refractivity contribution in [2.24, 2.45) is 0 Å². The Morgan fingerprint density at radius 1 is 1.15 bits per heavy atom.